The molecule has 0 atom stereocenters. The first-order valence-electron chi connectivity index (χ1n) is 8.15. The van der Waals surface area contributed by atoms with Crippen LogP contribution in [0.3, 0.4) is 0 Å². The number of hydrogen-bond donors (Lipinski definition) is 2. The second-order valence-electron chi connectivity index (χ2n) is 6.14. The van der Waals surface area contributed by atoms with E-state index < -0.39 is 20.7 Å². The lowest BCUT2D eigenvalue weighted by atomic mass is 9.98. The van der Waals surface area contributed by atoms with Crippen LogP contribution in [-0.4, -0.2) is 77.9 Å². The standard InChI is InChI=1S/C14H20BrN5O5S/c15-11-9-16-13(17-10-11)19-3-5-20(6-4-19)26(23,24)14(12(21)18-22)1-7-25-8-2-14/h9-10,22H,1-8H2,(H,18,21). The summed E-state index contributed by atoms with van der Waals surface area (Å²) in [5, 5.41) is 9.08. The van der Waals surface area contributed by atoms with Gasteiger partial charge in [-0.3, -0.25) is 10.0 Å². The number of carbonyl (C=O) groups is 1. The average molecular weight is 450 g/mol. The maximum absolute atomic E-state index is 13.2. The molecule has 2 fully saturated rings. The summed E-state index contributed by atoms with van der Waals surface area (Å²) >= 11 is 3.28. The van der Waals surface area contributed by atoms with Gasteiger partial charge in [0.05, 0.1) is 4.47 Å². The molecule has 2 aliphatic heterocycles. The Hall–Kier alpha value is -1.34. The molecule has 26 heavy (non-hydrogen) atoms. The number of amides is 1. The number of anilines is 1. The van der Waals surface area contributed by atoms with Gasteiger partial charge in [0.25, 0.3) is 5.91 Å². The molecular formula is C14H20BrN5O5S. The summed E-state index contributed by atoms with van der Waals surface area (Å²) in [5.41, 5.74) is 1.53. The van der Waals surface area contributed by atoms with Crippen LogP contribution in [0.25, 0.3) is 0 Å². The lowest BCUT2D eigenvalue weighted by Gasteiger charge is -2.41. The summed E-state index contributed by atoms with van der Waals surface area (Å²) < 4.78 is 32.0. The molecule has 1 aromatic rings. The molecule has 0 aliphatic carbocycles. The van der Waals surface area contributed by atoms with Gasteiger partial charge >= 0.3 is 0 Å². The number of nitrogens with one attached hydrogen (secondary N) is 1. The van der Waals surface area contributed by atoms with Gasteiger partial charge in [-0.1, -0.05) is 0 Å². The Kier molecular flexibility index (Phi) is 5.77. The van der Waals surface area contributed by atoms with E-state index in [9.17, 15) is 13.2 Å². The van der Waals surface area contributed by atoms with E-state index in [0.29, 0.717) is 19.0 Å². The van der Waals surface area contributed by atoms with E-state index in [4.69, 9.17) is 9.94 Å². The third kappa shape index (κ3) is 3.43. The van der Waals surface area contributed by atoms with Crippen LogP contribution in [0.1, 0.15) is 12.8 Å². The fourth-order valence-corrected chi connectivity index (χ4v) is 5.56. The Morgan fingerprint density at radius 2 is 1.77 bits per heavy atom. The monoisotopic (exact) mass is 449 g/mol. The zero-order valence-corrected chi connectivity index (χ0v) is 16.4. The predicted octanol–water partition coefficient (Wildman–Crippen LogP) is -0.254. The highest BCUT2D eigenvalue weighted by Gasteiger charge is 2.54. The summed E-state index contributed by atoms with van der Waals surface area (Å²) in [5.74, 6) is -0.376. The minimum absolute atomic E-state index is 0.0117. The van der Waals surface area contributed by atoms with Crippen LogP contribution in [0.2, 0.25) is 0 Å². The number of nitrogens with zero attached hydrogens (tertiary/aromatic N) is 4. The number of hydroxylamine groups is 1. The fourth-order valence-electron chi connectivity index (χ4n) is 3.25. The molecular weight excluding hydrogens is 430 g/mol. The number of aromatic nitrogens is 2. The molecule has 2 aliphatic rings. The molecule has 3 heterocycles. The quantitative estimate of drug-likeness (QED) is 0.475. The molecule has 0 radical (unpaired) electrons. The van der Waals surface area contributed by atoms with Gasteiger partial charge in [-0.25, -0.2) is 23.9 Å². The summed E-state index contributed by atoms with van der Waals surface area (Å²) in [7, 11) is -3.96. The van der Waals surface area contributed by atoms with Crippen LogP contribution in [0.4, 0.5) is 5.95 Å². The zero-order chi connectivity index (χ0) is 18.8. The molecule has 2 saturated heterocycles. The highest BCUT2D eigenvalue weighted by Crippen LogP contribution is 2.33. The molecule has 0 aromatic carbocycles. The number of rotatable bonds is 4. The molecule has 2 N–H and O–H groups in total. The highest BCUT2D eigenvalue weighted by atomic mass is 79.9. The third-order valence-electron chi connectivity index (χ3n) is 4.78. The number of halogens is 1. The lowest BCUT2D eigenvalue weighted by Crippen LogP contribution is -2.62. The largest absolute Gasteiger partial charge is 0.381 e. The molecule has 144 valence electrons. The first-order chi connectivity index (χ1) is 12.4. The minimum Gasteiger partial charge on any atom is -0.381 e. The molecule has 3 rings (SSSR count). The van der Waals surface area contributed by atoms with Gasteiger partial charge in [-0.2, -0.15) is 4.31 Å². The van der Waals surface area contributed by atoms with Crippen molar-refractivity contribution in [3.8, 4) is 0 Å². The Balaban J connectivity index is 1.76. The van der Waals surface area contributed by atoms with Crippen LogP contribution >= 0.6 is 15.9 Å². The molecule has 0 spiro atoms. The molecule has 1 aromatic heterocycles. The van der Waals surface area contributed by atoms with Crippen molar-refractivity contribution in [2.75, 3.05) is 44.3 Å². The van der Waals surface area contributed by atoms with Crippen molar-refractivity contribution < 1.29 is 23.2 Å². The molecule has 1 amide bonds. The second kappa shape index (κ2) is 7.72. The normalized spacial score (nSPS) is 21.4. The Morgan fingerprint density at radius 3 is 2.31 bits per heavy atom. The third-order valence-corrected chi connectivity index (χ3v) is 7.81. The number of sulfonamides is 1. The van der Waals surface area contributed by atoms with E-state index in [-0.39, 0.29) is 39.1 Å². The van der Waals surface area contributed by atoms with E-state index in [0.717, 1.165) is 4.47 Å². The van der Waals surface area contributed by atoms with Crippen LogP contribution < -0.4 is 10.4 Å². The highest BCUT2D eigenvalue weighted by molar-refractivity contribution is 9.10. The van der Waals surface area contributed by atoms with Crippen LogP contribution in [0.5, 0.6) is 0 Å². The van der Waals surface area contributed by atoms with E-state index in [1.165, 1.54) is 9.79 Å². The number of carbonyl (C=O) groups excluding carboxylic acids is 1. The van der Waals surface area contributed by atoms with Gasteiger partial charge in [0.2, 0.25) is 16.0 Å². The average Bonchev–Trinajstić information content (AvgIpc) is 2.68. The van der Waals surface area contributed by atoms with Crippen molar-refractivity contribution in [2.45, 2.75) is 17.6 Å². The van der Waals surface area contributed by atoms with E-state index in [2.05, 4.69) is 25.9 Å². The summed E-state index contributed by atoms with van der Waals surface area (Å²) in [4.78, 5) is 22.6. The number of hydrogen-bond acceptors (Lipinski definition) is 8. The summed E-state index contributed by atoms with van der Waals surface area (Å²) in [6.07, 6.45) is 3.29. The van der Waals surface area contributed by atoms with Crippen molar-refractivity contribution in [3.63, 3.8) is 0 Å². The zero-order valence-electron chi connectivity index (χ0n) is 14.0. The van der Waals surface area contributed by atoms with Crippen LogP contribution in [0.15, 0.2) is 16.9 Å². The smallest absolute Gasteiger partial charge is 0.266 e. The van der Waals surface area contributed by atoms with Gasteiger partial charge in [-0.15, -0.1) is 0 Å². The van der Waals surface area contributed by atoms with Crippen molar-refractivity contribution >= 4 is 37.8 Å². The summed E-state index contributed by atoms with van der Waals surface area (Å²) in [6, 6.07) is 0. The SMILES string of the molecule is O=C(NO)C1(S(=O)(=O)N2CCN(c3ncc(Br)cn3)CC2)CCOCC1. The van der Waals surface area contributed by atoms with E-state index in [1.54, 1.807) is 12.4 Å². The number of ether oxygens (including phenoxy) is 1. The Labute approximate surface area is 159 Å². The van der Waals surface area contributed by atoms with Crippen molar-refractivity contribution in [1.29, 1.82) is 0 Å². The molecule has 0 unspecified atom stereocenters. The second-order valence-corrected chi connectivity index (χ2v) is 9.30. The van der Waals surface area contributed by atoms with Crippen LogP contribution in [-0.2, 0) is 19.6 Å². The van der Waals surface area contributed by atoms with Gasteiger partial charge in [0, 0.05) is 64.6 Å². The topological polar surface area (TPSA) is 125 Å². The fraction of sp³-hybridized carbons (Fsp3) is 0.643. The van der Waals surface area contributed by atoms with Crippen molar-refractivity contribution in [3.05, 3.63) is 16.9 Å². The van der Waals surface area contributed by atoms with Gasteiger partial charge < -0.3 is 9.64 Å². The maximum Gasteiger partial charge on any atom is 0.266 e. The maximum atomic E-state index is 13.2. The van der Waals surface area contributed by atoms with Gasteiger partial charge in [0.1, 0.15) is 0 Å². The lowest BCUT2D eigenvalue weighted by molar-refractivity contribution is -0.134. The van der Waals surface area contributed by atoms with Gasteiger partial charge in [0.15, 0.2) is 4.75 Å². The van der Waals surface area contributed by atoms with E-state index >= 15 is 0 Å². The molecule has 10 nitrogen and oxygen atoms in total. The summed E-state index contributed by atoms with van der Waals surface area (Å²) in [6.45, 7) is 1.55. The minimum atomic E-state index is -3.96. The molecule has 0 saturated carbocycles. The van der Waals surface area contributed by atoms with Crippen LogP contribution in [0, 0.1) is 0 Å². The molecule has 12 heteroatoms. The Morgan fingerprint density at radius 1 is 1.19 bits per heavy atom. The van der Waals surface area contributed by atoms with Crippen molar-refractivity contribution in [2.24, 2.45) is 0 Å². The number of piperazine rings is 1. The predicted molar refractivity (Wildman–Crippen MR) is 95.2 cm³/mol. The Bertz CT molecular complexity index is 745. The first-order valence-corrected chi connectivity index (χ1v) is 10.4. The van der Waals surface area contributed by atoms with Crippen molar-refractivity contribution in [1.82, 2.24) is 19.8 Å². The van der Waals surface area contributed by atoms with Gasteiger partial charge in [-0.05, 0) is 15.9 Å². The first kappa shape index (κ1) is 19.4. The van der Waals surface area contributed by atoms with E-state index in [1.807, 2.05) is 4.90 Å². The molecule has 0 bridgehead atoms.